The van der Waals surface area contributed by atoms with Crippen LogP contribution >= 0.6 is 0 Å². The predicted octanol–water partition coefficient (Wildman–Crippen LogP) is 1.65. The van der Waals surface area contributed by atoms with Crippen molar-refractivity contribution < 1.29 is 0 Å². The molecule has 0 amide bonds. The molecule has 1 aromatic carbocycles. The van der Waals surface area contributed by atoms with Crippen molar-refractivity contribution in [3.8, 4) is 11.4 Å². The fourth-order valence-corrected chi connectivity index (χ4v) is 1.70. The zero-order valence-corrected chi connectivity index (χ0v) is 10.9. The summed E-state index contributed by atoms with van der Waals surface area (Å²) in [5.41, 5.74) is 13.5. The summed E-state index contributed by atoms with van der Waals surface area (Å²) in [4.78, 5) is 0. The van der Waals surface area contributed by atoms with Gasteiger partial charge in [-0.25, -0.2) is 4.68 Å². The molecule has 0 unspecified atom stereocenters. The molecule has 2 rings (SSSR count). The van der Waals surface area contributed by atoms with Crippen LogP contribution in [0.3, 0.4) is 0 Å². The maximum atomic E-state index is 5.98. The molecule has 6 nitrogen and oxygen atoms in total. The number of hydrogen-bond acceptors (Lipinski definition) is 5. The highest BCUT2D eigenvalue weighted by atomic mass is 15.6. The van der Waals surface area contributed by atoms with E-state index >= 15 is 0 Å². The highest BCUT2D eigenvalue weighted by molar-refractivity contribution is 5.74. The van der Waals surface area contributed by atoms with Crippen molar-refractivity contribution in [1.29, 1.82) is 0 Å². The van der Waals surface area contributed by atoms with E-state index in [2.05, 4.69) is 36.3 Å². The average Bonchev–Trinajstić information content (AvgIpc) is 2.78. The second-order valence-corrected chi connectivity index (χ2v) is 4.93. The zero-order valence-electron chi connectivity index (χ0n) is 10.9. The molecule has 1 heterocycles. The van der Waals surface area contributed by atoms with E-state index in [-0.39, 0.29) is 5.54 Å². The van der Waals surface area contributed by atoms with Crippen molar-refractivity contribution in [3.05, 3.63) is 18.2 Å². The Morgan fingerprint density at radius 1 is 1.28 bits per heavy atom. The molecule has 0 saturated heterocycles. The third-order valence-corrected chi connectivity index (χ3v) is 3.22. The number of anilines is 2. The highest BCUT2D eigenvalue weighted by Gasteiger charge is 2.24. The van der Waals surface area contributed by atoms with Gasteiger partial charge in [-0.1, -0.05) is 6.92 Å². The second-order valence-electron chi connectivity index (χ2n) is 4.93. The van der Waals surface area contributed by atoms with Gasteiger partial charge >= 0.3 is 0 Å². The van der Waals surface area contributed by atoms with Crippen LogP contribution in [0.2, 0.25) is 0 Å². The lowest BCUT2D eigenvalue weighted by Crippen LogP contribution is -2.27. The number of nitrogen functional groups attached to an aromatic ring is 2. The monoisotopic (exact) mass is 246 g/mol. The van der Waals surface area contributed by atoms with E-state index in [9.17, 15) is 0 Å². The standard InChI is InChI=1S/C12H18N6/c1-4-12(2,3)18-11(15-16-17-18)9-6-5-8(13)7-10(9)14/h5-7H,4,13-14H2,1-3H3. The number of benzene rings is 1. The van der Waals surface area contributed by atoms with E-state index in [0.29, 0.717) is 17.2 Å². The van der Waals surface area contributed by atoms with Crippen LogP contribution in [0.1, 0.15) is 27.2 Å². The summed E-state index contributed by atoms with van der Waals surface area (Å²) in [7, 11) is 0. The van der Waals surface area contributed by atoms with Gasteiger partial charge in [0.25, 0.3) is 0 Å². The molecule has 96 valence electrons. The molecule has 4 N–H and O–H groups in total. The minimum atomic E-state index is -0.160. The Morgan fingerprint density at radius 3 is 2.61 bits per heavy atom. The Labute approximate surface area is 106 Å². The molecule has 0 spiro atoms. The normalized spacial score (nSPS) is 11.7. The quantitative estimate of drug-likeness (QED) is 0.803. The van der Waals surface area contributed by atoms with E-state index < -0.39 is 0 Å². The smallest absolute Gasteiger partial charge is 0.184 e. The van der Waals surface area contributed by atoms with Crippen LogP contribution < -0.4 is 11.5 Å². The van der Waals surface area contributed by atoms with Crippen LogP contribution in [0.15, 0.2) is 18.2 Å². The number of hydrogen-bond donors (Lipinski definition) is 2. The maximum absolute atomic E-state index is 5.98. The molecule has 0 aliphatic rings. The largest absolute Gasteiger partial charge is 0.399 e. The molecule has 0 bridgehead atoms. The van der Waals surface area contributed by atoms with Crippen LogP contribution in [0.4, 0.5) is 11.4 Å². The molecule has 0 aliphatic carbocycles. The molecule has 0 saturated carbocycles. The Kier molecular flexibility index (Phi) is 2.94. The molecule has 0 atom stereocenters. The molecule has 0 fully saturated rings. The van der Waals surface area contributed by atoms with Gasteiger partial charge in [0.2, 0.25) is 0 Å². The van der Waals surface area contributed by atoms with Crippen molar-refractivity contribution in [1.82, 2.24) is 20.2 Å². The van der Waals surface area contributed by atoms with Gasteiger partial charge in [0.05, 0.1) is 5.54 Å². The van der Waals surface area contributed by atoms with Crippen molar-refractivity contribution >= 4 is 11.4 Å². The summed E-state index contributed by atoms with van der Waals surface area (Å²) >= 11 is 0. The minimum Gasteiger partial charge on any atom is -0.399 e. The Hall–Kier alpha value is -2.11. The van der Waals surface area contributed by atoms with E-state index in [1.54, 1.807) is 16.8 Å². The van der Waals surface area contributed by atoms with E-state index in [1.807, 2.05) is 6.07 Å². The van der Waals surface area contributed by atoms with Crippen molar-refractivity contribution in [2.45, 2.75) is 32.7 Å². The van der Waals surface area contributed by atoms with Gasteiger partial charge < -0.3 is 11.5 Å². The number of nitrogens with two attached hydrogens (primary N) is 2. The molecular formula is C12H18N6. The van der Waals surface area contributed by atoms with Crippen LogP contribution in [0.5, 0.6) is 0 Å². The Balaban J connectivity index is 2.56. The Morgan fingerprint density at radius 2 is 2.00 bits per heavy atom. The van der Waals surface area contributed by atoms with Gasteiger partial charge in [-0.05, 0) is 48.9 Å². The number of aromatic nitrogens is 4. The van der Waals surface area contributed by atoms with E-state index in [1.165, 1.54) is 0 Å². The fraction of sp³-hybridized carbons (Fsp3) is 0.417. The summed E-state index contributed by atoms with van der Waals surface area (Å²) in [5.74, 6) is 0.666. The summed E-state index contributed by atoms with van der Waals surface area (Å²) in [5, 5.41) is 11.9. The summed E-state index contributed by atoms with van der Waals surface area (Å²) in [6, 6.07) is 5.36. The zero-order chi connectivity index (χ0) is 13.3. The third-order valence-electron chi connectivity index (χ3n) is 3.22. The number of tetrazole rings is 1. The number of nitrogens with zero attached hydrogens (tertiary/aromatic N) is 4. The lowest BCUT2D eigenvalue weighted by molar-refractivity contribution is 0.305. The molecule has 0 radical (unpaired) electrons. The first-order chi connectivity index (χ1) is 8.45. The molecule has 0 aliphatic heterocycles. The molecule has 2 aromatic rings. The molecular weight excluding hydrogens is 228 g/mol. The summed E-state index contributed by atoms with van der Waals surface area (Å²) < 4.78 is 1.80. The van der Waals surface area contributed by atoms with E-state index in [4.69, 9.17) is 11.5 Å². The topological polar surface area (TPSA) is 95.6 Å². The van der Waals surface area contributed by atoms with Gasteiger partial charge in [0, 0.05) is 16.9 Å². The average molecular weight is 246 g/mol. The predicted molar refractivity (Wildman–Crippen MR) is 71.7 cm³/mol. The highest BCUT2D eigenvalue weighted by Crippen LogP contribution is 2.29. The van der Waals surface area contributed by atoms with Crippen molar-refractivity contribution in [2.75, 3.05) is 11.5 Å². The number of rotatable bonds is 3. The first-order valence-corrected chi connectivity index (χ1v) is 5.90. The molecule has 6 heteroatoms. The van der Waals surface area contributed by atoms with Crippen LogP contribution in [0.25, 0.3) is 11.4 Å². The van der Waals surface area contributed by atoms with Crippen LogP contribution in [0, 0.1) is 0 Å². The first kappa shape index (κ1) is 12.3. The molecule has 1 aromatic heterocycles. The van der Waals surface area contributed by atoms with Gasteiger partial charge in [0.15, 0.2) is 5.82 Å². The van der Waals surface area contributed by atoms with Crippen LogP contribution in [-0.2, 0) is 5.54 Å². The summed E-state index contributed by atoms with van der Waals surface area (Å²) in [6.07, 6.45) is 0.917. The summed E-state index contributed by atoms with van der Waals surface area (Å²) in [6.45, 7) is 6.26. The minimum absolute atomic E-state index is 0.160. The fourth-order valence-electron chi connectivity index (χ4n) is 1.70. The van der Waals surface area contributed by atoms with Gasteiger partial charge in [-0.2, -0.15) is 0 Å². The second kappa shape index (κ2) is 4.29. The van der Waals surface area contributed by atoms with Crippen molar-refractivity contribution in [2.24, 2.45) is 0 Å². The third kappa shape index (κ3) is 2.01. The van der Waals surface area contributed by atoms with Crippen LogP contribution in [-0.4, -0.2) is 20.2 Å². The SMILES string of the molecule is CCC(C)(C)n1nnnc1-c1ccc(N)cc1N. The molecule has 18 heavy (non-hydrogen) atoms. The van der Waals surface area contributed by atoms with E-state index in [0.717, 1.165) is 12.0 Å². The van der Waals surface area contributed by atoms with Gasteiger partial charge in [-0.15, -0.1) is 5.10 Å². The van der Waals surface area contributed by atoms with Crippen molar-refractivity contribution in [3.63, 3.8) is 0 Å². The lowest BCUT2D eigenvalue weighted by atomic mass is 10.0. The van der Waals surface area contributed by atoms with Gasteiger partial charge in [-0.3, -0.25) is 0 Å². The van der Waals surface area contributed by atoms with Gasteiger partial charge in [0.1, 0.15) is 0 Å². The Bertz CT molecular complexity index is 557. The lowest BCUT2D eigenvalue weighted by Gasteiger charge is -2.24. The first-order valence-electron chi connectivity index (χ1n) is 5.90. The maximum Gasteiger partial charge on any atom is 0.184 e.